The van der Waals surface area contributed by atoms with E-state index in [0.29, 0.717) is 42.3 Å². The summed E-state index contributed by atoms with van der Waals surface area (Å²) in [6, 6.07) is 5.22. The Labute approximate surface area is 163 Å². The van der Waals surface area contributed by atoms with Gasteiger partial charge in [0.2, 0.25) is 11.8 Å². The Morgan fingerprint density at radius 1 is 1.37 bits per heavy atom. The van der Waals surface area contributed by atoms with Gasteiger partial charge in [-0.15, -0.1) is 0 Å². The van der Waals surface area contributed by atoms with Crippen molar-refractivity contribution in [2.75, 3.05) is 33.3 Å². The molecule has 1 fully saturated rings. The van der Waals surface area contributed by atoms with Gasteiger partial charge in [-0.25, -0.2) is 0 Å². The van der Waals surface area contributed by atoms with Gasteiger partial charge in [-0.1, -0.05) is 23.7 Å². The average Bonchev–Trinajstić information content (AvgIpc) is 2.64. The maximum atomic E-state index is 12.5. The van der Waals surface area contributed by atoms with Gasteiger partial charge in [0.05, 0.1) is 30.5 Å². The van der Waals surface area contributed by atoms with E-state index in [4.69, 9.17) is 21.4 Å². The highest BCUT2D eigenvalue weighted by molar-refractivity contribution is 6.32. The number of nitrogens with zero attached hydrogens (tertiary/aromatic N) is 2. The maximum Gasteiger partial charge on any atom is 0.308 e. The molecule has 1 heterocycles. The summed E-state index contributed by atoms with van der Waals surface area (Å²) >= 11 is 6.14. The maximum absolute atomic E-state index is 12.5. The third-order valence-electron chi connectivity index (χ3n) is 4.60. The number of carbonyl (C=O) groups excluding carboxylic acids is 2. The standard InChI is InChI=1S/C19H25ClN2O5/c1-3-27-18-13(6-4-8-15(18)20)10-16(23)21(2)12-17(24)22-9-5-7-14(11-22)19(25)26/h4,6,8,14H,3,5,7,9-12H2,1-2H3,(H,25,26). The summed E-state index contributed by atoms with van der Waals surface area (Å²) in [7, 11) is 1.56. The number of piperidine rings is 1. The second kappa shape index (κ2) is 9.60. The molecular weight excluding hydrogens is 372 g/mol. The predicted octanol–water partition coefficient (Wildman–Crippen LogP) is 2.06. The second-order valence-corrected chi connectivity index (χ2v) is 7.01. The van der Waals surface area contributed by atoms with Crippen LogP contribution < -0.4 is 4.74 Å². The minimum Gasteiger partial charge on any atom is -0.492 e. The second-order valence-electron chi connectivity index (χ2n) is 6.60. The molecule has 0 saturated carbocycles. The molecule has 1 saturated heterocycles. The number of likely N-dealkylation sites (tertiary alicyclic amines) is 1. The van der Waals surface area contributed by atoms with Crippen LogP contribution >= 0.6 is 11.6 Å². The van der Waals surface area contributed by atoms with Gasteiger partial charge in [0.25, 0.3) is 0 Å². The highest BCUT2D eigenvalue weighted by Gasteiger charge is 2.29. The molecule has 1 unspecified atom stereocenters. The van der Waals surface area contributed by atoms with Crippen molar-refractivity contribution in [3.63, 3.8) is 0 Å². The number of benzene rings is 1. The van der Waals surface area contributed by atoms with Crippen LogP contribution in [0.2, 0.25) is 5.02 Å². The number of hydrogen-bond donors (Lipinski definition) is 1. The topological polar surface area (TPSA) is 87.2 Å². The fourth-order valence-corrected chi connectivity index (χ4v) is 3.34. The number of carbonyl (C=O) groups is 3. The van der Waals surface area contributed by atoms with Gasteiger partial charge in [0, 0.05) is 25.7 Å². The molecule has 1 N–H and O–H groups in total. The summed E-state index contributed by atoms with van der Waals surface area (Å²) in [6.45, 7) is 2.89. The molecule has 0 aromatic heterocycles. The van der Waals surface area contributed by atoms with E-state index in [1.165, 1.54) is 9.80 Å². The van der Waals surface area contributed by atoms with Gasteiger partial charge in [0.15, 0.2) is 0 Å². The third kappa shape index (κ3) is 5.60. The fraction of sp³-hybridized carbons (Fsp3) is 0.526. The lowest BCUT2D eigenvalue weighted by Gasteiger charge is -2.32. The first-order valence-electron chi connectivity index (χ1n) is 8.98. The van der Waals surface area contributed by atoms with Gasteiger partial charge in [-0.3, -0.25) is 14.4 Å². The van der Waals surface area contributed by atoms with Crippen molar-refractivity contribution in [2.24, 2.45) is 5.92 Å². The smallest absolute Gasteiger partial charge is 0.308 e. The summed E-state index contributed by atoms with van der Waals surface area (Å²) in [5.74, 6) is -1.42. The van der Waals surface area contributed by atoms with Crippen molar-refractivity contribution in [3.8, 4) is 5.75 Å². The zero-order chi connectivity index (χ0) is 20.0. The van der Waals surface area contributed by atoms with Crippen molar-refractivity contribution in [2.45, 2.75) is 26.2 Å². The third-order valence-corrected chi connectivity index (χ3v) is 4.90. The van der Waals surface area contributed by atoms with E-state index in [1.807, 2.05) is 6.92 Å². The molecule has 0 spiro atoms. The van der Waals surface area contributed by atoms with Gasteiger partial charge >= 0.3 is 5.97 Å². The lowest BCUT2D eigenvalue weighted by molar-refractivity contribution is -0.147. The Hall–Kier alpha value is -2.28. The summed E-state index contributed by atoms with van der Waals surface area (Å²) in [4.78, 5) is 39.0. The van der Waals surface area contributed by atoms with Crippen LogP contribution in [0.25, 0.3) is 0 Å². The number of para-hydroxylation sites is 1. The molecule has 1 aromatic carbocycles. The molecule has 1 aliphatic rings. The number of rotatable bonds is 7. The number of aliphatic carboxylic acids is 1. The van der Waals surface area contributed by atoms with Crippen LogP contribution in [-0.4, -0.2) is 66.0 Å². The zero-order valence-electron chi connectivity index (χ0n) is 15.6. The quantitative estimate of drug-likeness (QED) is 0.762. The van der Waals surface area contributed by atoms with E-state index in [9.17, 15) is 14.4 Å². The molecule has 0 aliphatic carbocycles. The summed E-state index contributed by atoms with van der Waals surface area (Å²) in [5.41, 5.74) is 0.664. The first-order valence-corrected chi connectivity index (χ1v) is 9.36. The van der Waals surface area contributed by atoms with E-state index in [-0.39, 0.29) is 31.3 Å². The van der Waals surface area contributed by atoms with Crippen molar-refractivity contribution < 1.29 is 24.2 Å². The van der Waals surface area contributed by atoms with Crippen molar-refractivity contribution in [1.82, 2.24) is 9.80 Å². The number of carboxylic acids is 1. The number of likely N-dealkylation sites (N-methyl/N-ethyl adjacent to an activating group) is 1. The normalized spacial score (nSPS) is 16.7. The number of carboxylic acid groups (broad SMARTS) is 1. The largest absolute Gasteiger partial charge is 0.492 e. The molecule has 1 aliphatic heterocycles. The molecule has 2 rings (SSSR count). The molecule has 27 heavy (non-hydrogen) atoms. The summed E-state index contributed by atoms with van der Waals surface area (Å²) in [6.07, 6.45) is 1.29. The van der Waals surface area contributed by atoms with E-state index < -0.39 is 11.9 Å². The number of ether oxygens (including phenoxy) is 1. The SMILES string of the molecule is CCOc1c(Cl)cccc1CC(=O)N(C)CC(=O)N1CCCC(C(=O)O)C1. The van der Waals surface area contributed by atoms with Crippen LogP contribution in [0.4, 0.5) is 0 Å². The summed E-state index contributed by atoms with van der Waals surface area (Å²) in [5, 5.41) is 9.58. The van der Waals surface area contributed by atoms with Crippen LogP contribution in [0.15, 0.2) is 18.2 Å². The van der Waals surface area contributed by atoms with Gasteiger partial charge in [0.1, 0.15) is 5.75 Å². The Kier molecular flexibility index (Phi) is 7.47. The molecule has 0 bridgehead atoms. The molecular formula is C19H25ClN2O5. The lowest BCUT2D eigenvalue weighted by atomic mass is 9.98. The highest BCUT2D eigenvalue weighted by Crippen LogP contribution is 2.29. The van der Waals surface area contributed by atoms with E-state index >= 15 is 0 Å². The average molecular weight is 397 g/mol. The van der Waals surface area contributed by atoms with Crippen LogP contribution in [0.3, 0.4) is 0 Å². The van der Waals surface area contributed by atoms with Crippen molar-refractivity contribution in [1.29, 1.82) is 0 Å². The highest BCUT2D eigenvalue weighted by atomic mass is 35.5. The Bertz CT molecular complexity index is 709. The fourth-order valence-electron chi connectivity index (χ4n) is 3.09. The molecule has 8 heteroatoms. The first-order chi connectivity index (χ1) is 12.8. The summed E-state index contributed by atoms with van der Waals surface area (Å²) < 4.78 is 5.53. The number of halogens is 1. The van der Waals surface area contributed by atoms with Gasteiger partial charge in [-0.2, -0.15) is 0 Å². The lowest BCUT2D eigenvalue weighted by Crippen LogP contribution is -2.47. The van der Waals surface area contributed by atoms with Gasteiger partial charge in [-0.05, 0) is 25.8 Å². The monoisotopic (exact) mass is 396 g/mol. The minimum absolute atomic E-state index is 0.0669. The van der Waals surface area contributed by atoms with E-state index in [1.54, 1.807) is 25.2 Å². The Balaban J connectivity index is 1.97. The molecule has 2 amide bonds. The Morgan fingerprint density at radius 3 is 2.78 bits per heavy atom. The van der Waals surface area contributed by atoms with E-state index in [0.717, 1.165) is 0 Å². The number of amides is 2. The number of hydrogen-bond acceptors (Lipinski definition) is 4. The van der Waals surface area contributed by atoms with E-state index in [2.05, 4.69) is 0 Å². The van der Waals surface area contributed by atoms with Crippen molar-refractivity contribution in [3.05, 3.63) is 28.8 Å². The van der Waals surface area contributed by atoms with Crippen LogP contribution in [0.1, 0.15) is 25.3 Å². The molecule has 148 valence electrons. The Morgan fingerprint density at radius 2 is 2.11 bits per heavy atom. The van der Waals surface area contributed by atoms with Crippen LogP contribution in [-0.2, 0) is 20.8 Å². The molecule has 1 atom stereocenters. The van der Waals surface area contributed by atoms with Crippen molar-refractivity contribution >= 4 is 29.4 Å². The predicted molar refractivity (Wildman–Crippen MR) is 101 cm³/mol. The molecule has 7 nitrogen and oxygen atoms in total. The molecule has 1 aromatic rings. The minimum atomic E-state index is -0.888. The van der Waals surface area contributed by atoms with Crippen LogP contribution in [0.5, 0.6) is 5.75 Å². The van der Waals surface area contributed by atoms with Gasteiger partial charge < -0.3 is 19.6 Å². The molecule has 0 radical (unpaired) electrons. The van der Waals surface area contributed by atoms with Crippen LogP contribution in [0, 0.1) is 5.92 Å². The first kappa shape index (κ1) is 21.0. The zero-order valence-corrected chi connectivity index (χ0v) is 16.4.